The van der Waals surface area contributed by atoms with Crippen LogP contribution in [0.5, 0.6) is 11.5 Å². The van der Waals surface area contributed by atoms with E-state index in [4.69, 9.17) is 14.2 Å². The summed E-state index contributed by atoms with van der Waals surface area (Å²) < 4.78 is 16.7. The van der Waals surface area contributed by atoms with E-state index in [0.29, 0.717) is 22.6 Å². The van der Waals surface area contributed by atoms with Crippen molar-refractivity contribution in [2.24, 2.45) is 0 Å². The summed E-state index contributed by atoms with van der Waals surface area (Å²) in [6.45, 7) is 8.97. The van der Waals surface area contributed by atoms with Crippen LogP contribution in [0.15, 0.2) is 42.2 Å². The van der Waals surface area contributed by atoms with E-state index in [1.807, 2.05) is 31.2 Å². The van der Waals surface area contributed by atoms with Crippen LogP contribution in [0.3, 0.4) is 0 Å². The summed E-state index contributed by atoms with van der Waals surface area (Å²) in [7, 11) is 0. The van der Waals surface area contributed by atoms with Crippen molar-refractivity contribution in [2.45, 2.75) is 40.2 Å². The summed E-state index contributed by atoms with van der Waals surface area (Å²) in [4.78, 5) is 24.5. The van der Waals surface area contributed by atoms with Crippen molar-refractivity contribution in [3.05, 3.63) is 64.4 Å². The first-order valence-corrected chi connectivity index (χ1v) is 9.13. The third kappa shape index (κ3) is 4.42. The minimum Gasteiger partial charge on any atom is -0.481 e. The Labute approximate surface area is 164 Å². The van der Waals surface area contributed by atoms with Crippen LogP contribution in [0, 0.1) is 13.8 Å². The Kier molecular flexibility index (Phi) is 5.27. The van der Waals surface area contributed by atoms with Gasteiger partial charge in [-0.05, 0) is 58.4 Å². The second kappa shape index (κ2) is 7.50. The van der Waals surface area contributed by atoms with Crippen molar-refractivity contribution in [1.82, 2.24) is 0 Å². The lowest BCUT2D eigenvalue weighted by molar-refractivity contribution is -0.157. The van der Waals surface area contributed by atoms with Gasteiger partial charge in [0.2, 0.25) is 5.78 Å². The molecule has 146 valence electrons. The van der Waals surface area contributed by atoms with Gasteiger partial charge < -0.3 is 14.2 Å². The Bertz CT molecular complexity index is 963. The number of carbonyl (C=O) groups is 2. The first-order valence-electron chi connectivity index (χ1n) is 9.13. The summed E-state index contributed by atoms with van der Waals surface area (Å²) >= 11 is 0. The summed E-state index contributed by atoms with van der Waals surface area (Å²) in [5, 5.41) is 0. The maximum Gasteiger partial charge on any atom is 0.344 e. The van der Waals surface area contributed by atoms with Gasteiger partial charge in [0.1, 0.15) is 17.1 Å². The topological polar surface area (TPSA) is 61.8 Å². The van der Waals surface area contributed by atoms with Crippen molar-refractivity contribution in [3.8, 4) is 11.5 Å². The number of ether oxygens (including phenoxy) is 3. The summed E-state index contributed by atoms with van der Waals surface area (Å²) in [5.41, 5.74) is 2.59. The molecule has 0 saturated carbocycles. The fourth-order valence-electron chi connectivity index (χ4n) is 2.94. The van der Waals surface area contributed by atoms with Crippen LogP contribution in [-0.4, -0.2) is 24.0 Å². The highest BCUT2D eigenvalue weighted by molar-refractivity contribution is 6.15. The molecule has 0 amide bonds. The molecule has 0 bridgehead atoms. The van der Waals surface area contributed by atoms with E-state index >= 15 is 0 Å². The highest BCUT2D eigenvalue weighted by Gasteiger charge is 2.30. The van der Waals surface area contributed by atoms with Crippen molar-refractivity contribution >= 4 is 17.8 Å². The first kappa shape index (κ1) is 19.7. The second-order valence-electron chi connectivity index (χ2n) is 7.79. The van der Waals surface area contributed by atoms with Crippen molar-refractivity contribution in [3.63, 3.8) is 0 Å². The van der Waals surface area contributed by atoms with Gasteiger partial charge >= 0.3 is 5.97 Å². The number of benzene rings is 2. The van der Waals surface area contributed by atoms with Crippen LogP contribution in [0.2, 0.25) is 0 Å². The molecule has 0 aromatic heterocycles. The van der Waals surface area contributed by atoms with Crippen LogP contribution in [0.4, 0.5) is 0 Å². The standard InChI is InChI=1S/C23H24O5/c1-14-7-6-8-16(11-14)12-19-21(25)17-9-10-18(15(2)22(17)27-19)26-13-20(24)28-23(3,4)5/h6-12H,13H2,1-5H3/b19-12-. The van der Waals surface area contributed by atoms with Crippen molar-refractivity contribution in [1.29, 1.82) is 0 Å². The number of fused-ring (bicyclic) bond motifs is 1. The zero-order valence-corrected chi connectivity index (χ0v) is 16.8. The molecule has 3 rings (SSSR count). The van der Waals surface area contributed by atoms with Crippen molar-refractivity contribution < 1.29 is 23.8 Å². The van der Waals surface area contributed by atoms with Crippen LogP contribution >= 0.6 is 0 Å². The van der Waals surface area contributed by atoms with E-state index in [9.17, 15) is 9.59 Å². The summed E-state index contributed by atoms with van der Waals surface area (Å²) in [6, 6.07) is 11.2. The number of ketones is 1. The monoisotopic (exact) mass is 380 g/mol. The van der Waals surface area contributed by atoms with Crippen molar-refractivity contribution in [2.75, 3.05) is 6.61 Å². The highest BCUT2D eigenvalue weighted by atomic mass is 16.6. The Morgan fingerprint density at radius 2 is 1.89 bits per heavy atom. The predicted octanol–water partition coefficient (Wildman–Crippen LogP) is 4.64. The molecule has 28 heavy (non-hydrogen) atoms. The molecule has 0 N–H and O–H groups in total. The minimum absolute atomic E-state index is 0.168. The molecule has 0 fully saturated rings. The molecule has 2 aromatic rings. The lowest BCUT2D eigenvalue weighted by Crippen LogP contribution is -2.27. The zero-order chi connectivity index (χ0) is 20.5. The molecular formula is C23H24O5. The molecule has 0 radical (unpaired) electrons. The molecule has 1 aliphatic rings. The highest BCUT2D eigenvalue weighted by Crippen LogP contribution is 2.39. The number of esters is 1. The number of aryl methyl sites for hydroxylation is 1. The van der Waals surface area contributed by atoms with E-state index in [1.165, 1.54) is 0 Å². The normalized spacial score (nSPS) is 14.6. The van der Waals surface area contributed by atoms with Gasteiger partial charge in [-0.15, -0.1) is 0 Å². The lowest BCUT2D eigenvalue weighted by atomic mass is 10.1. The number of hydrogen-bond donors (Lipinski definition) is 0. The Balaban J connectivity index is 1.78. The molecule has 0 unspecified atom stereocenters. The van der Waals surface area contributed by atoms with Gasteiger partial charge in [-0.3, -0.25) is 4.79 Å². The lowest BCUT2D eigenvalue weighted by Gasteiger charge is -2.19. The Hall–Kier alpha value is -3.08. The van der Waals surface area contributed by atoms with Crippen LogP contribution in [-0.2, 0) is 9.53 Å². The van der Waals surface area contributed by atoms with Gasteiger partial charge in [-0.2, -0.15) is 0 Å². The van der Waals surface area contributed by atoms with E-state index in [2.05, 4.69) is 0 Å². The van der Waals surface area contributed by atoms with Gasteiger partial charge in [-0.1, -0.05) is 29.8 Å². The molecule has 5 heteroatoms. The number of rotatable bonds is 4. The van der Waals surface area contributed by atoms with E-state index < -0.39 is 11.6 Å². The summed E-state index contributed by atoms with van der Waals surface area (Å²) in [6.07, 6.45) is 1.73. The van der Waals surface area contributed by atoms with Gasteiger partial charge in [0.25, 0.3) is 0 Å². The average Bonchev–Trinajstić information content (AvgIpc) is 2.90. The van der Waals surface area contributed by atoms with Crippen LogP contribution < -0.4 is 9.47 Å². The van der Waals surface area contributed by atoms with Gasteiger partial charge in [0.05, 0.1) is 5.56 Å². The molecule has 0 saturated heterocycles. The summed E-state index contributed by atoms with van der Waals surface area (Å²) in [5.74, 6) is 0.593. The quantitative estimate of drug-likeness (QED) is 0.571. The number of hydrogen-bond acceptors (Lipinski definition) is 5. The maximum absolute atomic E-state index is 12.7. The smallest absolute Gasteiger partial charge is 0.344 e. The number of carbonyl (C=O) groups excluding carboxylic acids is 2. The van der Waals surface area contributed by atoms with E-state index in [0.717, 1.165) is 11.1 Å². The molecule has 0 atom stereocenters. The molecule has 0 aliphatic carbocycles. The fraction of sp³-hybridized carbons (Fsp3) is 0.304. The molecular weight excluding hydrogens is 356 g/mol. The molecule has 1 heterocycles. The predicted molar refractivity (Wildman–Crippen MR) is 107 cm³/mol. The molecule has 1 aliphatic heterocycles. The number of allylic oxidation sites excluding steroid dienone is 1. The van der Waals surface area contributed by atoms with Crippen LogP contribution in [0.25, 0.3) is 6.08 Å². The minimum atomic E-state index is -0.571. The zero-order valence-electron chi connectivity index (χ0n) is 16.8. The van der Waals surface area contributed by atoms with Gasteiger partial charge in [0.15, 0.2) is 12.4 Å². The molecule has 0 spiro atoms. The maximum atomic E-state index is 12.7. The third-order valence-corrected chi connectivity index (χ3v) is 4.14. The van der Waals surface area contributed by atoms with Crippen LogP contribution in [0.1, 0.15) is 47.8 Å². The third-order valence-electron chi connectivity index (χ3n) is 4.14. The van der Waals surface area contributed by atoms with Gasteiger partial charge in [0, 0.05) is 5.56 Å². The molecule has 2 aromatic carbocycles. The molecule has 5 nitrogen and oxygen atoms in total. The van der Waals surface area contributed by atoms with E-state index in [1.54, 1.807) is 45.9 Å². The largest absolute Gasteiger partial charge is 0.481 e. The fourth-order valence-corrected chi connectivity index (χ4v) is 2.94. The van der Waals surface area contributed by atoms with E-state index in [-0.39, 0.29) is 18.1 Å². The second-order valence-corrected chi connectivity index (χ2v) is 7.79. The SMILES string of the molecule is Cc1cccc(/C=C2\Oc3c(ccc(OCC(=O)OC(C)(C)C)c3C)C2=O)c1. The average molecular weight is 380 g/mol. The Morgan fingerprint density at radius 1 is 1.14 bits per heavy atom. The van der Waals surface area contributed by atoms with Gasteiger partial charge in [-0.25, -0.2) is 4.79 Å². The first-order chi connectivity index (χ1) is 13.1. The number of Topliss-reactive ketones (excluding diaryl/α,β-unsaturated/α-hetero) is 1. The Morgan fingerprint density at radius 3 is 2.57 bits per heavy atom.